The lowest BCUT2D eigenvalue weighted by atomic mass is 9.83. The molecule has 0 amide bonds. The van der Waals surface area contributed by atoms with Crippen LogP contribution in [0.25, 0.3) is 0 Å². The fourth-order valence-corrected chi connectivity index (χ4v) is 3.18. The summed E-state index contributed by atoms with van der Waals surface area (Å²) in [5, 5.41) is 10.2. The third kappa shape index (κ3) is 5.61. The molecular formula is C18H28N2O3. The van der Waals surface area contributed by atoms with Crippen LogP contribution in [0.2, 0.25) is 0 Å². The van der Waals surface area contributed by atoms with Gasteiger partial charge in [-0.15, -0.1) is 0 Å². The van der Waals surface area contributed by atoms with Crippen LogP contribution in [0.15, 0.2) is 30.3 Å². The van der Waals surface area contributed by atoms with Gasteiger partial charge in [-0.3, -0.25) is 4.79 Å². The van der Waals surface area contributed by atoms with Gasteiger partial charge >= 0.3 is 5.97 Å². The van der Waals surface area contributed by atoms with Crippen molar-refractivity contribution in [2.45, 2.75) is 63.3 Å². The summed E-state index contributed by atoms with van der Waals surface area (Å²) in [4.78, 5) is 12.0. The van der Waals surface area contributed by atoms with Crippen LogP contribution in [0, 0.1) is 5.92 Å². The van der Waals surface area contributed by atoms with E-state index in [1.54, 1.807) is 0 Å². The molecule has 1 aromatic rings. The van der Waals surface area contributed by atoms with E-state index in [1.165, 1.54) is 19.3 Å². The molecule has 1 aliphatic carbocycles. The number of rotatable bonds is 7. The van der Waals surface area contributed by atoms with Crippen LogP contribution in [-0.2, 0) is 16.1 Å². The Morgan fingerprint density at radius 3 is 2.48 bits per heavy atom. The Morgan fingerprint density at radius 2 is 1.83 bits per heavy atom. The Balaban J connectivity index is 1.77. The van der Waals surface area contributed by atoms with E-state index in [9.17, 15) is 9.90 Å². The molecule has 0 aromatic heterocycles. The smallest absolute Gasteiger partial charge is 0.326 e. The average Bonchev–Trinajstić information content (AvgIpc) is 2.60. The Bertz CT molecular complexity index is 474. The molecule has 0 aliphatic heterocycles. The van der Waals surface area contributed by atoms with Crippen LogP contribution in [0.5, 0.6) is 0 Å². The van der Waals surface area contributed by atoms with Crippen molar-refractivity contribution < 1.29 is 14.6 Å². The van der Waals surface area contributed by atoms with Gasteiger partial charge in [-0.05, 0) is 17.9 Å². The van der Waals surface area contributed by atoms with Crippen LogP contribution in [-0.4, -0.2) is 29.3 Å². The number of hydrogen-bond donors (Lipinski definition) is 3. The van der Waals surface area contributed by atoms with Crippen LogP contribution < -0.4 is 11.5 Å². The summed E-state index contributed by atoms with van der Waals surface area (Å²) in [6, 6.07) is 7.78. The molecule has 0 bridgehead atoms. The zero-order chi connectivity index (χ0) is 16.7. The first-order valence-corrected chi connectivity index (χ1v) is 8.47. The Hall–Kier alpha value is -1.43. The molecule has 5 N–H and O–H groups in total. The lowest BCUT2D eigenvalue weighted by Gasteiger charge is -2.28. The highest BCUT2D eigenvalue weighted by atomic mass is 16.5. The van der Waals surface area contributed by atoms with Gasteiger partial charge in [0.25, 0.3) is 0 Å². The van der Waals surface area contributed by atoms with Crippen molar-refractivity contribution in [3.05, 3.63) is 35.9 Å². The molecule has 0 spiro atoms. The van der Waals surface area contributed by atoms with Crippen LogP contribution in [0.4, 0.5) is 0 Å². The van der Waals surface area contributed by atoms with Crippen LogP contribution in [0.1, 0.15) is 44.1 Å². The predicted molar refractivity (Wildman–Crippen MR) is 89.4 cm³/mol. The quantitative estimate of drug-likeness (QED) is 0.664. The SMILES string of the molecule is NC(C(=O)OCc1ccccc1)[C@H](O)[C@@H](N)CC1CCCCC1. The number of carbonyl (C=O) groups is 1. The molecule has 1 saturated carbocycles. The number of ether oxygens (including phenoxy) is 1. The second kappa shape index (κ2) is 9.01. The van der Waals surface area contributed by atoms with Gasteiger partial charge in [0.05, 0.1) is 6.10 Å². The van der Waals surface area contributed by atoms with Crippen molar-refractivity contribution in [1.29, 1.82) is 0 Å². The minimum absolute atomic E-state index is 0.151. The molecular weight excluding hydrogens is 292 g/mol. The van der Waals surface area contributed by atoms with Gasteiger partial charge < -0.3 is 21.3 Å². The first-order valence-electron chi connectivity index (χ1n) is 8.47. The summed E-state index contributed by atoms with van der Waals surface area (Å²) in [5.41, 5.74) is 12.8. The minimum Gasteiger partial charge on any atom is -0.460 e. The molecule has 5 heteroatoms. The number of esters is 1. The molecule has 1 aliphatic rings. The average molecular weight is 320 g/mol. The Kier molecular flexibility index (Phi) is 7.02. The fraction of sp³-hybridized carbons (Fsp3) is 0.611. The third-order valence-electron chi connectivity index (χ3n) is 4.63. The molecule has 1 unspecified atom stereocenters. The molecule has 0 heterocycles. The van der Waals surface area contributed by atoms with Gasteiger partial charge in [-0.25, -0.2) is 0 Å². The summed E-state index contributed by atoms with van der Waals surface area (Å²) in [5.74, 6) is -0.0820. The van der Waals surface area contributed by atoms with Crippen molar-refractivity contribution in [2.75, 3.05) is 0 Å². The molecule has 1 fully saturated rings. The number of benzene rings is 1. The van der Waals surface area contributed by atoms with Gasteiger partial charge in [-0.2, -0.15) is 0 Å². The normalized spacial score (nSPS) is 19.8. The van der Waals surface area contributed by atoms with Crippen molar-refractivity contribution in [3.63, 3.8) is 0 Å². The lowest BCUT2D eigenvalue weighted by molar-refractivity contribution is -0.149. The van der Waals surface area contributed by atoms with E-state index in [2.05, 4.69) is 0 Å². The number of carbonyl (C=O) groups excluding carboxylic acids is 1. The maximum Gasteiger partial charge on any atom is 0.326 e. The second-order valence-electron chi connectivity index (χ2n) is 6.51. The molecule has 1 aromatic carbocycles. The van der Waals surface area contributed by atoms with Crippen molar-refractivity contribution in [1.82, 2.24) is 0 Å². The molecule has 3 atom stereocenters. The van der Waals surface area contributed by atoms with Gasteiger partial charge in [0.2, 0.25) is 0 Å². The first kappa shape index (κ1) is 17.9. The number of hydrogen-bond acceptors (Lipinski definition) is 5. The predicted octanol–water partition coefficient (Wildman–Crippen LogP) is 1.72. The largest absolute Gasteiger partial charge is 0.460 e. The van der Waals surface area contributed by atoms with E-state index in [1.807, 2.05) is 30.3 Å². The summed E-state index contributed by atoms with van der Waals surface area (Å²) in [7, 11) is 0. The van der Waals surface area contributed by atoms with E-state index in [-0.39, 0.29) is 6.61 Å². The van der Waals surface area contributed by atoms with E-state index in [0.717, 1.165) is 18.4 Å². The highest BCUT2D eigenvalue weighted by Crippen LogP contribution is 2.27. The summed E-state index contributed by atoms with van der Waals surface area (Å²) < 4.78 is 5.17. The molecule has 0 radical (unpaired) electrons. The highest BCUT2D eigenvalue weighted by Gasteiger charge is 2.31. The van der Waals surface area contributed by atoms with E-state index in [0.29, 0.717) is 12.3 Å². The molecule has 128 valence electrons. The molecule has 2 rings (SSSR count). The van der Waals surface area contributed by atoms with Gasteiger partial charge in [0.15, 0.2) is 0 Å². The van der Waals surface area contributed by atoms with Gasteiger partial charge in [-0.1, -0.05) is 62.4 Å². The molecule has 23 heavy (non-hydrogen) atoms. The maximum atomic E-state index is 12.0. The Labute approximate surface area is 138 Å². The fourth-order valence-electron chi connectivity index (χ4n) is 3.18. The molecule has 0 saturated heterocycles. The highest BCUT2D eigenvalue weighted by molar-refractivity contribution is 5.76. The van der Waals surface area contributed by atoms with E-state index < -0.39 is 24.2 Å². The third-order valence-corrected chi connectivity index (χ3v) is 4.63. The second-order valence-corrected chi connectivity index (χ2v) is 6.51. The minimum atomic E-state index is -1.10. The number of aliphatic hydroxyl groups is 1. The lowest BCUT2D eigenvalue weighted by Crippen LogP contribution is -2.52. The van der Waals surface area contributed by atoms with E-state index >= 15 is 0 Å². The monoisotopic (exact) mass is 320 g/mol. The summed E-state index contributed by atoms with van der Waals surface area (Å²) in [6.45, 7) is 0.151. The van der Waals surface area contributed by atoms with Crippen molar-refractivity contribution in [2.24, 2.45) is 17.4 Å². The van der Waals surface area contributed by atoms with Crippen LogP contribution >= 0.6 is 0 Å². The first-order chi connectivity index (χ1) is 11.1. The Morgan fingerprint density at radius 1 is 1.17 bits per heavy atom. The van der Waals surface area contributed by atoms with Crippen molar-refractivity contribution in [3.8, 4) is 0 Å². The number of nitrogens with two attached hydrogens (primary N) is 2. The van der Waals surface area contributed by atoms with E-state index in [4.69, 9.17) is 16.2 Å². The number of aliphatic hydroxyl groups excluding tert-OH is 1. The van der Waals surface area contributed by atoms with Crippen molar-refractivity contribution >= 4 is 5.97 Å². The molecule has 5 nitrogen and oxygen atoms in total. The standard InChI is InChI=1S/C18H28N2O3/c19-15(11-13-7-3-1-4-8-13)17(21)16(20)18(22)23-12-14-9-5-2-6-10-14/h2,5-6,9-10,13,15-17,21H,1,3-4,7-8,11-12,19-20H2/t15-,16?,17+/m0/s1. The topological polar surface area (TPSA) is 98.6 Å². The van der Waals surface area contributed by atoms with Gasteiger partial charge in [0, 0.05) is 6.04 Å². The zero-order valence-electron chi connectivity index (χ0n) is 13.6. The van der Waals surface area contributed by atoms with Crippen LogP contribution in [0.3, 0.4) is 0 Å². The summed E-state index contributed by atoms with van der Waals surface area (Å²) >= 11 is 0. The summed E-state index contributed by atoms with van der Waals surface area (Å²) in [6.07, 6.45) is 5.65. The maximum absolute atomic E-state index is 12.0. The van der Waals surface area contributed by atoms with Gasteiger partial charge in [0.1, 0.15) is 12.6 Å². The zero-order valence-corrected chi connectivity index (χ0v) is 13.6.